The molecule has 1 saturated heterocycles. The first-order valence-corrected chi connectivity index (χ1v) is 12.3. The molecule has 1 atom stereocenters. The van der Waals surface area contributed by atoms with Gasteiger partial charge in [-0.15, -0.1) is 0 Å². The van der Waals surface area contributed by atoms with Crippen molar-refractivity contribution in [3.05, 3.63) is 54.0 Å². The topological polar surface area (TPSA) is 90.3 Å². The molecule has 2 N–H and O–H groups in total. The van der Waals surface area contributed by atoms with Crippen LogP contribution in [0.25, 0.3) is 22.0 Å². The van der Waals surface area contributed by atoms with Crippen molar-refractivity contribution in [1.29, 1.82) is 5.26 Å². The van der Waals surface area contributed by atoms with Crippen LogP contribution in [0.3, 0.4) is 0 Å². The van der Waals surface area contributed by atoms with Crippen LogP contribution in [-0.4, -0.2) is 56.1 Å². The Bertz CT molecular complexity index is 1280. The van der Waals surface area contributed by atoms with E-state index in [0.29, 0.717) is 30.5 Å². The molecule has 188 valence electrons. The van der Waals surface area contributed by atoms with Crippen molar-refractivity contribution >= 4 is 22.4 Å². The van der Waals surface area contributed by atoms with Gasteiger partial charge in [0.05, 0.1) is 30.5 Å². The fourth-order valence-electron chi connectivity index (χ4n) is 4.46. The van der Waals surface area contributed by atoms with E-state index in [1.807, 2.05) is 37.3 Å². The van der Waals surface area contributed by atoms with E-state index in [2.05, 4.69) is 33.6 Å². The van der Waals surface area contributed by atoms with Crippen molar-refractivity contribution in [2.75, 3.05) is 45.7 Å². The maximum atomic E-state index is 14.6. The number of fused-ring (bicyclic) bond motifs is 1. The second kappa shape index (κ2) is 11.4. The Kier molecular flexibility index (Phi) is 8.01. The van der Waals surface area contributed by atoms with Gasteiger partial charge in [0.2, 0.25) is 0 Å². The molecule has 1 unspecified atom stereocenters. The first-order chi connectivity index (χ1) is 17.4. The zero-order valence-electron chi connectivity index (χ0n) is 21.0. The minimum atomic E-state index is -0.644. The van der Waals surface area contributed by atoms with Crippen molar-refractivity contribution in [1.82, 2.24) is 15.2 Å². The summed E-state index contributed by atoms with van der Waals surface area (Å²) in [4.78, 5) is 19.5. The van der Waals surface area contributed by atoms with E-state index in [4.69, 9.17) is 10.00 Å². The van der Waals surface area contributed by atoms with Crippen LogP contribution >= 0.6 is 0 Å². The lowest BCUT2D eigenvalue weighted by Gasteiger charge is -2.28. The lowest BCUT2D eigenvalue weighted by atomic mass is 9.97. The molecule has 1 aliphatic heterocycles. The van der Waals surface area contributed by atoms with Crippen LogP contribution in [-0.2, 0) is 0 Å². The fourth-order valence-corrected chi connectivity index (χ4v) is 4.46. The maximum absolute atomic E-state index is 14.6. The van der Waals surface area contributed by atoms with E-state index in [0.717, 1.165) is 48.0 Å². The molecule has 0 radical (unpaired) electrons. The first kappa shape index (κ1) is 25.4. The van der Waals surface area contributed by atoms with Crippen LogP contribution in [0.4, 0.5) is 10.1 Å². The summed E-state index contributed by atoms with van der Waals surface area (Å²) >= 11 is 0. The summed E-state index contributed by atoms with van der Waals surface area (Å²) in [5.41, 5.74) is 1.82. The third kappa shape index (κ3) is 5.74. The molecular formula is C28H32FN5O2. The number of rotatable bonds is 8. The number of pyridine rings is 1. The van der Waals surface area contributed by atoms with Crippen molar-refractivity contribution in [2.24, 2.45) is 11.8 Å². The predicted octanol–water partition coefficient (Wildman–Crippen LogP) is 4.69. The smallest absolute Gasteiger partial charge is 0.272 e. The zero-order valence-corrected chi connectivity index (χ0v) is 21.0. The number of amides is 1. The van der Waals surface area contributed by atoms with Gasteiger partial charge in [0.15, 0.2) is 11.5 Å². The molecule has 3 aromatic rings. The van der Waals surface area contributed by atoms with Crippen LogP contribution < -0.4 is 15.4 Å². The molecule has 2 aromatic carbocycles. The van der Waals surface area contributed by atoms with E-state index in [-0.39, 0.29) is 11.6 Å². The molecule has 0 spiro atoms. The van der Waals surface area contributed by atoms with Gasteiger partial charge in [-0.3, -0.25) is 4.79 Å². The minimum Gasteiger partial charge on any atom is -0.495 e. The van der Waals surface area contributed by atoms with Gasteiger partial charge >= 0.3 is 0 Å². The van der Waals surface area contributed by atoms with Crippen LogP contribution in [0.15, 0.2) is 42.5 Å². The molecular weight excluding hydrogens is 457 g/mol. The van der Waals surface area contributed by atoms with Gasteiger partial charge in [0, 0.05) is 24.0 Å². The largest absolute Gasteiger partial charge is 0.495 e. The van der Waals surface area contributed by atoms with E-state index in [9.17, 15) is 9.18 Å². The number of carbonyl (C=O) groups excluding carboxylic acids is 1. The highest BCUT2D eigenvalue weighted by Gasteiger charge is 2.20. The second-order valence-electron chi connectivity index (χ2n) is 9.47. The quantitative estimate of drug-likeness (QED) is 0.477. The molecule has 0 bridgehead atoms. The van der Waals surface area contributed by atoms with Gasteiger partial charge in [-0.25, -0.2) is 9.37 Å². The number of benzene rings is 2. The van der Waals surface area contributed by atoms with Gasteiger partial charge in [0.25, 0.3) is 5.91 Å². The van der Waals surface area contributed by atoms with Crippen LogP contribution in [0.1, 0.15) is 30.3 Å². The van der Waals surface area contributed by atoms with Crippen LogP contribution in [0, 0.1) is 29.0 Å². The molecule has 1 fully saturated rings. The summed E-state index contributed by atoms with van der Waals surface area (Å²) in [7, 11) is 3.69. The number of piperidine rings is 1. The van der Waals surface area contributed by atoms with Gasteiger partial charge in [-0.05, 0) is 75.5 Å². The van der Waals surface area contributed by atoms with Gasteiger partial charge < -0.3 is 20.3 Å². The third-order valence-electron chi connectivity index (χ3n) is 6.75. The van der Waals surface area contributed by atoms with Crippen molar-refractivity contribution in [3.8, 4) is 23.1 Å². The second-order valence-corrected chi connectivity index (χ2v) is 9.47. The number of halogens is 1. The number of methoxy groups -OCH3 is 1. The highest BCUT2D eigenvalue weighted by Crippen LogP contribution is 2.36. The first-order valence-electron chi connectivity index (χ1n) is 12.3. The number of nitrogens with one attached hydrogen (secondary N) is 2. The Hall–Kier alpha value is -3.70. The number of hydrogen-bond acceptors (Lipinski definition) is 6. The molecule has 2 heterocycles. The minimum absolute atomic E-state index is 0.178. The van der Waals surface area contributed by atoms with Crippen LogP contribution in [0.5, 0.6) is 5.75 Å². The van der Waals surface area contributed by atoms with Gasteiger partial charge in [-0.2, -0.15) is 5.26 Å². The Morgan fingerprint density at radius 3 is 2.72 bits per heavy atom. The fraction of sp³-hybridized carbons (Fsp3) is 0.393. The summed E-state index contributed by atoms with van der Waals surface area (Å²) in [5.74, 6) is -0.270. The number of likely N-dealkylation sites (tertiary alicyclic amines) is 1. The number of ether oxygens (including phenoxy) is 1. The Labute approximate surface area is 211 Å². The van der Waals surface area contributed by atoms with E-state index >= 15 is 0 Å². The number of nitriles is 1. The Balaban J connectivity index is 1.60. The molecule has 4 rings (SSSR count). The molecule has 36 heavy (non-hydrogen) atoms. The SMILES string of the molecule is COc1ccc2ccc(-c3ccc(F)c(C(=O)NCC4CCN(C)CC4)n3)cc2c1NCC(C)C#N. The average Bonchev–Trinajstić information content (AvgIpc) is 2.90. The maximum Gasteiger partial charge on any atom is 0.272 e. The summed E-state index contributed by atoms with van der Waals surface area (Å²) in [6, 6.07) is 14.7. The monoisotopic (exact) mass is 489 g/mol. The molecule has 0 saturated carbocycles. The van der Waals surface area contributed by atoms with Crippen molar-refractivity contribution in [3.63, 3.8) is 0 Å². The van der Waals surface area contributed by atoms with Crippen molar-refractivity contribution < 1.29 is 13.9 Å². The molecule has 0 aliphatic carbocycles. The molecule has 8 heteroatoms. The van der Waals surface area contributed by atoms with E-state index in [1.54, 1.807) is 13.2 Å². The van der Waals surface area contributed by atoms with E-state index in [1.165, 1.54) is 6.07 Å². The molecule has 7 nitrogen and oxygen atoms in total. The number of nitrogens with zero attached hydrogens (tertiary/aromatic N) is 3. The zero-order chi connectivity index (χ0) is 25.7. The molecule has 1 aromatic heterocycles. The summed E-state index contributed by atoms with van der Waals surface area (Å²) in [6.45, 7) is 4.83. The summed E-state index contributed by atoms with van der Waals surface area (Å²) < 4.78 is 20.1. The molecule has 1 amide bonds. The third-order valence-corrected chi connectivity index (χ3v) is 6.75. The number of carbonyl (C=O) groups is 1. The average molecular weight is 490 g/mol. The van der Waals surface area contributed by atoms with Crippen molar-refractivity contribution in [2.45, 2.75) is 19.8 Å². The normalized spacial score (nSPS) is 15.3. The van der Waals surface area contributed by atoms with Gasteiger partial charge in [0.1, 0.15) is 5.75 Å². The van der Waals surface area contributed by atoms with Crippen LogP contribution in [0.2, 0.25) is 0 Å². The highest BCUT2D eigenvalue weighted by molar-refractivity contribution is 5.99. The van der Waals surface area contributed by atoms with E-state index < -0.39 is 11.7 Å². The Morgan fingerprint density at radius 2 is 2.00 bits per heavy atom. The number of aromatic nitrogens is 1. The predicted molar refractivity (Wildman–Crippen MR) is 140 cm³/mol. The number of anilines is 1. The van der Waals surface area contributed by atoms with Gasteiger partial charge in [-0.1, -0.05) is 18.2 Å². The highest BCUT2D eigenvalue weighted by atomic mass is 19.1. The number of hydrogen-bond donors (Lipinski definition) is 2. The summed E-state index contributed by atoms with van der Waals surface area (Å²) in [5, 5.41) is 17.2. The standard InChI is InChI=1S/C28H32FN5O2/c1-18(15-30)16-31-26-22-14-21(5-4-20(22)6-9-25(26)36-3)24-8-7-23(29)27(33-24)28(35)32-17-19-10-12-34(2)13-11-19/h4-9,14,18-19,31H,10-13,16-17H2,1-3H3,(H,32,35). The lowest BCUT2D eigenvalue weighted by molar-refractivity contribution is 0.0929. The molecule has 1 aliphatic rings. The summed E-state index contributed by atoms with van der Waals surface area (Å²) in [6.07, 6.45) is 2.02. The lowest BCUT2D eigenvalue weighted by Crippen LogP contribution is -2.37. The Morgan fingerprint density at radius 1 is 1.25 bits per heavy atom.